The number of aromatic nitrogens is 1. The number of hydrogen-bond donors (Lipinski definition) is 2. The maximum atomic E-state index is 12.5. The predicted octanol–water partition coefficient (Wildman–Crippen LogP) is 5.46. The molecule has 1 amide bonds. The average molecular weight is 419 g/mol. The van der Waals surface area contributed by atoms with E-state index < -0.39 is 0 Å². The molecule has 0 aliphatic heterocycles. The molecule has 2 N–H and O–H groups in total. The standard InChI is InChI=1S/C25H23ClN2O2/c1-17-13-19(11-12-23(17)26)30-16-25(29)28-14-21(18-7-3-2-4-8-18)22-15-27-24-10-6-5-9-20(22)24/h2-13,15,21,27H,14,16H2,1H3,(H,28,29)/t21-/m1/s1. The summed E-state index contributed by atoms with van der Waals surface area (Å²) in [6.45, 7) is 2.34. The van der Waals surface area contributed by atoms with Crippen LogP contribution in [-0.4, -0.2) is 24.0 Å². The molecular formula is C25H23ClN2O2. The fourth-order valence-electron chi connectivity index (χ4n) is 3.60. The van der Waals surface area contributed by atoms with Crippen molar-refractivity contribution in [3.05, 3.63) is 101 Å². The van der Waals surface area contributed by atoms with Gasteiger partial charge in [0, 0.05) is 34.6 Å². The lowest BCUT2D eigenvalue weighted by molar-refractivity contribution is -0.123. The number of ether oxygens (including phenoxy) is 1. The molecule has 0 fully saturated rings. The number of carbonyl (C=O) groups excluding carboxylic acids is 1. The van der Waals surface area contributed by atoms with Gasteiger partial charge in [-0.15, -0.1) is 0 Å². The van der Waals surface area contributed by atoms with Crippen molar-refractivity contribution in [2.24, 2.45) is 0 Å². The zero-order valence-electron chi connectivity index (χ0n) is 16.7. The van der Waals surface area contributed by atoms with Crippen LogP contribution in [-0.2, 0) is 4.79 Å². The summed E-state index contributed by atoms with van der Waals surface area (Å²) < 4.78 is 5.63. The zero-order chi connectivity index (χ0) is 20.9. The van der Waals surface area contributed by atoms with E-state index in [9.17, 15) is 4.79 Å². The third kappa shape index (κ3) is 4.50. The van der Waals surface area contributed by atoms with Crippen LogP contribution in [0, 0.1) is 6.92 Å². The average Bonchev–Trinajstić information content (AvgIpc) is 3.19. The highest BCUT2D eigenvalue weighted by Crippen LogP contribution is 2.30. The first kappa shape index (κ1) is 20.0. The molecule has 3 aromatic carbocycles. The summed E-state index contributed by atoms with van der Waals surface area (Å²) in [5, 5.41) is 4.86. The molecule has 0 radical (unpaired) electrons. The Morgan fingerprint density at radius 3 is 2.63 bits per heavy atom. The Balaban J connectivity index is 1.47. The van der Waals surface area contributed by atoms with Gasteiger partial charge in [-0.3, -0.25) is 4.79 Å². The lowest BCUT2D eigenvalue weighted by atomic mass is 9.91. The van der Waals surface area contributed by atoms with E-state index in [-0.39, 0.29) is 18.4 Å². The summed E-state index contributed by atoms with van der Waals surface area (Å²) in [7, 11) is 0. The van der Waals surface area contributed by atoms with E-state index in [0.717, 1.165) is 27.6 Å². The van der Waals surface area contributed by atoms with E-state index >= 15 is 0 Å². The molecule has 0 saturated heterocycles. The lowest BCUT2D eigenvalue weighted by Crippen LogP contribution is -2.32. The highest BCUT2D eigenvalue weighted by atomic mass is 35.5. The Hall–Kier alpha value is -3.24. The third-order valence-corrected chi connectivity index (χ3v) is 5.63. The normalized spacial score (nSPS) is 11.9. The number of nitrogens with one attached hydrogen (secondary N) is 2. The first-order chi connectivity index (χ1) is 14.6. The second kappa shape index (κ2) is 9.06. The molecule has 0 spiro atoms. The molecule has 1 atom stereocenters. The Labute approximate surface area is 180 Å². The maximum absolute atomic E-state index is 12.5. The van der Waals surface area contributed by atoms with Crippen molar-refractivity contribution < 1.29 is 9.53 Å². The highest BCUT2D eigenvalue weighted by Gasteiger charge is 2.19. The SMILES string of the molecule is Cc1cc(OCC(=O)NC[C@H](c2ccccc2)c2c[nH]c3ccccc23)ccc1Cl. The molecule has 1 heterocycles. The van der Waals surface area contributed by atoms with Crippen LogP contribution in [0.1, 0.15) is 22.6 Å². The van der Waals surface area contributed by atoms with E-state index in [2.05, 4.69) is 34.6 Å². The van der Waals surface area contributed by atoms with E-state index in [0.29, 0.717) is 17.3 Å². The number of hydrogen-bond acceptors (Lipinski definition) is 2. The molecule has 152 valence electrons. The van der Waals surface area contributed by atoms with E-state index in [4.69, 9.17) is 16.3 Å². The number of carbonyl (C=O) groups is 1. The molecule has 0 saturated carbocycles. The van der Waals surface area contributed by atoms with Gasteiger partial charge in [-0.2, -0.15) is 0 Å². The molecule has 4 aromatic rings. The fraction of sp³-hybridized carbons (Fsp3) is 0.160. The monoisotopic (exact) mass is 418 g/mol. The first-order valence-electron chi connectivity index (χ1n) is 9.88. The molecule has 0 aliphatic rings. The van der Waals surface area contributed by atoms with Gasteiger partial charge in [0.05, 0.1) is 0 Å². The molecule has 30 heavy (non-hydrogen) atoms. The number of amides is 1. The van der Waals surface area contributed by atoms with Crippen molar-refractivity contribution >= 4 is 28.4 Å². The minimum absolute atomic E-state index is 0.0316. The van der Waals surface area contributed by atoms with Gasteiger partial charge in [0.25, 0.3) is 5.91 Å². The summed E-state index contributed by atoms with van der Waals surface area (Å²) >= 11 is 6.04. The molecule has 0 unspecified atom stereocenters. The third-order valence-electron chi connectivity index (χ3n) is 5.20. The summed E-state index contributed by atoms with van der Waals surface area (Å²) in [5.74, 6) is 0.496. The predicted molar refractivity (Wildman–Crippen MR) is 121 cm³/mol. The van der Waals surface area contributed by atoms with Crippen LogP contribution in [0.3, 0.4) is 0 Å². The van der Waals surface area contributed by atoms with Crippen LogP contribution in [0.4, 0.5) is 0 Å². The van der Waals surface area contributed by atoms with E-state index in [1.807, 2.05) is 49.5 Å². The first-order valence-corrected chi connectivity index (χ1v) is 10.3. The Bertz CT molecular complexity index is 1150. The topological polar surface area (TPSA) is 54.1 Å². The van der Waals surface area contributed by atoms with Gasteiger partial charge in [-0.05, 0) is 47.9 Å². The van der Waals surface area contributed by atoms with Crippen LogP contribution >= 0.6 is 11.6 Å². The molecule has 0 bridgehead atoms. The van der Waals surface area contributed by atoms with Crippen LogP contribution in [0.2, 0.25) is 5.02 Å². The summed E-state index contributed by atoms with van der Waals surface area (Å²) in [6, 6.07) is 23.8. The highest BCUT2D eigenvalue weighted by molar-refractivity contribution is 6.31. The molecule has 5 heteroatoms. The number of benzene rings is 3. The van der Waals surface area contributed by atoms with Crippen molar-refractivity contribution in [3.63, 3.8) is 0 Å². The van der Waals surface area contributed by atoms with Gasteiger partial charge in [0.1, 0.15) is 5.75 Å². The summed E-state index contributed by atoms with van der Waals surface area (Å²) in [4.78, 5) is 15.8. The minimum Gasteiger partial charge on any atom is -0.484 e. The number of aromatic amines is 1. The smallest absolute Gasteiger partial charge is 0.257 e. The summed E-state index contributed by atoms with van der Waals surface area (Å²) in [6.07, 6.45) is 2.03. The second-order valence-corrected chi connectivity index (χ2v) is 7.66. The molecular weight excluding hydrogens is 396 g/mol. The zero-order valence-corrected chi connectivity index (χ0v) is 17.4. The Morgan fingerprint density at radius 2 is 1.83 bits per heavy atom. The van der Waals surface area contributed by atoms with Gasteiger partial charge < -0.3 is 15.0 Å². The van der Waals surface area contributed by atoms with Gasteiger partial charge in [0.15, 0.2) is 6.61 Å². The molecule has 1 aromatic heterocycles. The minimum atomic E-state index is -0.164. The Kier molecular flexibility index (Phi) is 6.05. The maximum Gasteiger partial charge on any atom is 0.257 e. The van der Waals surface area contributed by atoms with Crippen molar-refractivity contribution in [2.75, 3.05) is 13.2 Å². The number of H-pyrrole nitrogens is 1. The van der Waals surface area contributed by atoms with Crippen LogP contribution in [0.5, 0.6) is 5.75 Å². The fourth-order valence-corrected chi connectivity index (χ4v) is 3.72. The number of rotatable bonds is 7. The van der Waals surface area contributed by atoms with Crippen molar-refractivity contribution in [1.82, 2.24) is 10.3 Å². The van der Waals surface area contributed by atoms with E-state index in [1.54, 1.807) is 12.1 Å². The van der Waals surface area contributed by atoms with Gasteiger partial charge >= 0.3 is 0 Å². The van der Waals surface area contributed by atoms with Crippen molar-refractivity contribution in [3.8, 4) is 5.75 Å². The largest absolute Gasteiger partial charge is 0.484 e. The van der Waals surface area contributed by atoms with Crippen molar-refractivity contribution in [1.29, 1.82) is 0 Å². The molecule has 0 aliphatic carbocycles. The van der Waals surface area contributed by atoms with Crippen LogP contribution in [0.25, 0.3) is 10.9 Å². The lowest BCUT2D eigenvalue weighted by Gasteiger charge is -2.18. The number of aryl methyl sites for hydroxylation is 1. The van der Waals surface area contributed by atoms with Crippen LogP contribution < -0.4 is 10.1 Å². The molecule has 4 rings (SSSR count). The van der Waals surface area contributed by atoms with Gasteiger partial charge in [-0.25, -0.2) is 0 Å². The second-order valence-electron chi connectivity index (χ2n) is 7.26. The number of para-hydroxylation sites is 1. The van der Waals surface area contributed by atoms with Crippen LogP contribution in [0.15, 0.2) is 79.0 Å². The van der Waals surface area contributed by atoms with E-state index in [1.165, 1.54) is 0 Å². The molecule has 4 nitrogen and oxygen atoms in total. The van der Waals surface area contributed by atoms with Gasteiger partial charge in [0.2, 0.25) is 0 Å². The van der Waals surface area contributed by atoms with Gasteiger partial charge in [-0.1, -0.05) is 60.1 Å². The Morgan fingerprint density at radius 1 is 1.07 bits per heavy atom. The number of halogens is 1. The summed E-state index contributed by atoms with van der Waals surface area (Å²) in [5.41, 5.74) is 4.31. The number of fused-ring (bicyclic) bond motifs is 1. The quantitative estimate of drug-likeness (QED) is 0.419. The van der Waals surface area contributed by atoms with Crippen molar-refractivity contribution in [2.45, 2.75) is 12.8 Å².